The van der Waals surface area contributed by atoms with E-state index in [2.05, 4.69) is 15.6 Å². The smallest absolute Gasteiger partial charge is 0.346 e. The van der Waals surface area contributed by atoms with E-state index in [4.69, 9.17) is 11.1 Å². The highest BCUT2D eigenvalue weighted by Gasteiger charge is 2.15. The molecule has 0 aromatic carbocycles. The topological polar surface area (TPSA) is 166 Å². The number of carbonyl (C=O) groups excluding carboxylic acids is 3. The summed E-state index contributed by atoms with van der Waals surface area (Å²) in [4.78, 5) is 35.7. The van der Waals surface area contributed by atoms with E-state index < -0.39 is 17.8 Å². The second-order valence-electron chi connectivity index (χ2n) is 3.57. The first-order valence-electron chi connectivity index (χ1n) is 5.26. The number of aromatic nitrogens is 1. The largest absolute Gasteiger partial charge is 0.550 e. The van der Waals surface area contributed by atoms with Crippen molar-refractivity contribution in [1.82, 2.24) is 15.6 Å². The highest BCUT2D eigenvalue weighted by Crippen LogP contribution is 2.01. The van der Waals surface area contributed by atoms with Gasteiger partial charge in [-0.15, -0.1) is 0 Å². The number of guanidine groups is 1. The number of carbonyl (C=O) groups is 3. The Hall–Kier alpha value is -2.84. The van der Waals surface area contributed by atoms with Crippen LogP contribution in [0.1, 0.15) is 27.4 Å². The minimum absolute atomic E-state index is 0.0642. The lowest BCUT2D eigenvalue weighted by Gasteiger charge is -2.03. The number of nitrogens with one attached hydrogen (secondary N) is 3. The Morgan fingerprint density at radius 3 is 2.37 bits per heavy atom. The SMILES string of the molecule is NC(=[NH2+])NC(=O)c1ccc(C(=O)NCCC(=O)[O-])[nH]1. The molecule has 9 heteroatoms. The number of hydrogen-bond donors (Lipinski definition) is 5. The van der Waals surface area contributed by atoms with E-state index in [-0.39, 0.29) is 30.3 Å². The summed E-state index contributed by atoms with van der Waals surface area (Å²) in [6, 6.07) is 2.74. The minimum Gasteiger partial charge on any atom is -0.550 e. The van der Waals surface area contributed by atoms with Crippen LogP contribution in [0.25, 0.3) is 0 Å². The molecule has 1 heterocycles. The normalized spacial score (nSPS) is 9.68. The van der Waals surface area contributed by atoms with Crippen LogP contribution in [0, 0.1) is 0 Å². The number of carboxylic acid groups (broad SMARTS) is 1. The standard InChI is InChI=1S/C10H13N5O4/c11-10(12)15-9(19)6-2-1-5(14-6)8(18)13-4-3-7(16)17/h1-2,14H,3-4H2,(H,13,18)(H,16,17)(H4,11,12,15,19). The fourth-order valence-electron chi connectivity index (χ4n) is 1.23. The molecule has 0 unspecified atom stereocenters. The Morgan fingerprint density at radius 1 is 1.26 bits per heavy atom. The summed E-state index contributed by atoms with van der Waals surface area (Å²) < 4.78 is 0. The summed E-state index contributed by atoms with van der Waals surface area (Å²) in [7, 11) is 0. The first-order valence-corrected chi connectivity index (χ1v) is 5.26. The predicted octanol–water partition coefficient (Wildman–Crippen LogP) is -4.31. The van der Waals surface area contributed by atoms with Crippen molar-refractivity contribution < 1.29 is 24.9 Å². The summed E-state index contributed by atoms with van der Waals surface area (Å²) in [5.41, 5.74) is 5.31. The first kappa shape index (κ1) is 14.2. The van der Waals surface area contributed by atoms with Gasteiger partial charge in [0.1, 0.15) is 11.4 Å². The van der Waals surface area contributed by atoms with Gasteiger partial charge in [0, 0.05) is 18.9 Å². The lowest BCUT2D eigenvalue weighted by Crippen LogP contribution is -2.56. The van der Waals surface area contributed by atoms with E-state index in [0.29, 0.717) is 0 Å². The summed E-state index contributed by atoms with van der Waals surface area (Å²) in [5.74, 6) is -2.65. The van der Waals surface area contributed by atoms with Crippen molar-refractivity contribution >= 4 is 23.7 Å². The summed E-state index contributed by atoms with van der Waals surface area (Å²) in [6.07, 6.45) is -0.293. The molecule has 0 aliphatic heterocycles. The molecule has 0 saturated heterocycles. The first-order chi connectivity index (χ1) is 8.90. The van der Waals surface area contributed by atoms with Gasteiger partial charge < -0.3 is 20.2 Å². The lowest BCUT2D eigenvalue weighted by atomic mass is 10.3. The van der Waals surface area contributed by atoms with E-state index >= 15 is 0 Å². The molecule has 0 aliphatic carbocycles. The molecule has 0 spiro atoms. The van der Waals surface area contributed by atoms with Gasteiger partial charge in [-0.2, -0.15) is 0 Å². The van der Waals surface area contributed by atoms with Gasteiger partial charge in [-0.05, 0) is 12.1 Å². The molecule has 0 fully saturated rings. The van der Waals surface area contributed by atoms with Crippen LogP contribution in [0.4, 0.5) is 0 Å². The van der Waals surface area contributed by atoms with Crippen molar-refractivity contribution in [2.75, 3.05) is 6.54 Å². The molecule has 7 N–H and O–H groups in total. The van der Waals surface area contributed by atoms with Crippen LogP contribution >= 0.6 is 0 Å². The Morgan fingerprint density at radius 2 is 1.84 bits per heavy atom. The van der Waals surface area contributed by atoms with Crippen molar-refractivity contribution in [1.29, 1.82) is 0 Å². The van der Waals surface area contributed by atoms with Gasteiger partial charge in [0.15, 0.2) is 0 Å². The highest BCUT2D eigenvalue weighted by atomic mass is 16.4. The average molecular weight is 267 g/mol. The summed E-state index contributed by atoms with van der Waals surface area (Å²) in [6.45, 7) is -0.0642. The molecular formula is C10H13N5O4. The second-order valence-corrected chi connectivity index (χ2v) is 3.57. The lowest BCUT2D eigenvalue weighted by molar-refractivity contribution is -0.305. The van der Waals surface area contributed by atoms with Crippen LogP contribution in [0.5, 0.6) is 0 Å². The number of rotatable bonds is 5. The van der Waals surface area contributed by atoms with Crippen LogP contribution < -0.4 is 26.9 Å². The minimum atomic E-state index is -1.26. The van der Waals surface area contributed by atoms with Crippen LogP contribution in [-0.2, 0) is 4.79 Å². The van der Waals surface area contributed by atoms with E-state index in [1.165, 1.54) is 12.1 Å². The van der Waals surface area contributed by atoms with E-state index in [1.54, 1.807) is 0 Å². The van der Waals surface area contributed by atoms with Crippen molar-refractivity contribution in [3.63, 3.8) is 0 Å². The molecule has 1 aromatic rings. The predicted molar refractivity (Wildman–Crippen MR) is 61.3 cm³/mol. The van der Waals surface area contributed by atoms with Gasteiger partial charge in [-0.1, -0.05) is 0 Å². The van der Waals surface area contributed by atoms with Crippen molar-refractivity contribution in [3.8, 4) is 0 Å². The van der Waals surface area contributed by atoms with Gasteiger partial charge in [0.05, 0.1) is 0 Å². The van der Waals surface area contributed by atoms with Gasteiger partial charge in [0.2, 0.25) is 0 Å². The number of carboxylic acids is 1. The van der Waals surface area contributed by atoms with Gasteiger partial charge >= 0.3 is 11.9 Å². The monoisotopic (exact) mass is 267 g/mol. The third-order valence-electron chi connectivity index (χ3n) is 2.05. The van der Waals surface area contributed by atoms with Gasteiger partial charge in [-0.25, -0.2) is 10.1 Å². The molecular weight excluding hydrogens is 254 g/mol. The molecule has 0 radical (unpaired) electrons. The zero-order chi connectivity index (χ0) is 14.4. The molecule has 1 aromatic heterocycles. The molecule has 1 rings (SSSR count). The van der Waals surface area contributed by atoms with E-state index in [1.807, 2.05) is 0 Å². The van der Waals surface area contributed by atoms with Gasteiger partial charge in [0.25, 0.3) is 5.91 Å². The molecule has 0 aliphatic rings. The third kappa shape index (κ3) is 4.50. The van der Waals surface area contributed by atoms with E-state index in [9.17, 15) is 19.5 Å². The molecule has 2 amide bonds. The highest BCUT2D eigenvalue weighted by molar-refractivity contribution is 6.03. The number of aromatic amines is 1. The molecule has 0 bridgehead atoms. The maximum atomic E-state index is 11.5. The van der Waals surface area contributed by atoms with Crippen molar-refractivity contribution in [3.05, 3.63) is 23.5 Å². The molecule has 102 valence electrons. The quantitative estimate of drug-likeness (QED) is 0.268. The fraction of sp³-hybridized carbons (Fsp3) is 0.200. The molecule has 19 heavy (non-hydrogen) atoms. The Labute approximate surface area is 107 Å². The zero-order valence-electron chi connectivity index (χ0n) is 9.86. The van der Waals surface area contributed by atoms with Crippen LogP contribution in [0.2, 0.25) is 0 Å². The van der Waals surface area contributed by atoms with Crippen molar-refractivity contribution in [2.45, 2.75) is 6.42 Å². The van der Waals surface area contributed by atoms with E-state index in [0.717, 1.165) is 0 Å². The Balaban J connectivity index is 2.58. The average Bonchev–Trinajstić information content (AvgIpc) is 2.76. The molecule has 0 atom stereocenters. The molecule has 9 nitrogen and oxygen atoms in total. The number of amides is 2. The van der Waals surface area contributed by atoms with Gasteiger partial charge in [-0.3, -0.25) is 15.9 Å². The van der Waals surface area contributed by atoms with Crippen molar-refractivity contribution in [2.24, 2.45) is 5.73 Å². The second kappa shape index (κ2) is 6.19. The van der Waals surface area contributed by atoms with Crippen LogP contribution in [-0.4, -0.2) is 35.3 Å². The summed E-state index contributed by atoms with van der Waals surface area (Å²) in [5, 5.41) is 19.8. The molecule has 0 saturated carbocycles. The third-order valence-corrected chi connectivity index (χ3v) is 2.05. The number of hydrogen-bond acceptors (Lipinski definition) is 4. The Bertz CT molecular complexity index is 522. The maximum absolute atomic E-state index is 11.5. The number of nitrogens with two attached hydrogens (primary N) is 2. The Kier molecular flexibility index (Phi) is 4.63. The summed E-state index contributed by atoms with van der Waals surface area (Å²) >= 11 is 0. The zero-order valence-corrected chi connectivity index (χ0v) is 9.86. The number of aliphatic carboxylic acids is 1. The maximum Gasteiger partial charge on any atom is 0.346 e. The number of H-pyrrole nitrogens is 1. The van der Waals surface area contributed by atoms with Crippen LogP contribution in [0.15, 0.2) is 12.1 Å². The van der Waals surface area contributed by atoms with Crippen LogP contribution in [0.3, 0.4) is 0 Å². The fourth-order valence-corrected chi connectivity index (χ4v) is 1.23.